The topological polar surface area (TPSA) is 29.5 Å². The quantitative estimate of drug-likeness (QED) is 0.773. The monoisotopic (exact) mass is 289 g/mol. The summed E-state index contributed by atoms with van der Waals surface area (Å²) in [5, 5.41) is 0. The van der Waals surface area contributed by atoms with Gasteiger partial charge < -0.3 is 4.74 Å². The number of carbonyl (C=O) groups excluding carboxylic acids is 1. The maximum absolute atomic E-state index is 12.7. The number of nitrogens with zero attached hydrogens (tertiary/aromatic N) is 1. The zero-order valence-corrected chi connectivity index (χ0v) is 13.7. The lowest BCUT2D eigenvalue weighted by molar-refractivity contribution is 0.0890. The molecule has 1 aliphatic heterocycles. The number of likely N-dealkylation sites (tertiary alicyclic amines) is 1. The zero-order valence-electron chi connectivity index (χ0n) is 13.7. The van der Waals surface area contributed by atoms with Crippen molar-refractivity contribution in [3.63, 3.8) is 0 Å². The second kappa shape index (κ2) is 7.08. The predicted octanol–water partition coefficient (Wildman–Crippen LogP) is 3.73. The highest BCUT2D eigenvalue weighted by molar-refractivity contribution is 6.00. The molecule has 2 rings (SSSR count). The third-order valence-electron chi connectivity index (χ3n) is 4.30. The molecule has 1 aromatic rings. The van der Waals surface area contributed by atoms with E-state index in [2.05, 4.69) is 25.7 Å². The van der Waals surface area contributed by atoms with Gasteiger partial charge in [0.2, 0.25) is 0 Å². The maximum Gasteiger partial charge on any atom is 0.180 e. The molecule has 1 saturated heterocycles. The number of carbonyl (C=O) groups is 1. The Hall–Kier alpha value is -1.35. The molecule has 21 heavy (non-hydrogen) atoms. The first-order valence-electron chi connectivity index (χ1n) is 7.94. The van der Waals surface area contributed by atoms with E-state index in [1.165, 1.54) is 18.4 Å². The number of methoxy groups -OCH3 is 1. The van der Waals surface area contributed by atoms with Crippen molar-refractivity contribution in [2.45, 2.75) is 39.5 Å². The van der Waals surface area contributed by atoms with Gasteiger partial charge in [0.25, 0.3) is 0 Å². The predicted molar refractivity (Wildman–Crippen MR) is 86.3 cm³/mol. The standard InChI is InChI=1S/C18H27NO2/c1-13(2)15-7-8-18(21-4)16(10-15)17(20)12-19-9-5-6-14(3)11-19/h7-8,10,13-14H,5-6,9,11-12H2,1-4H3. The molecular weight excluding hydrogens is 262 g/mol. The smallest absolute Gasteiger partial charge is 0.180 e. The number of hydrogen-bond acceptors (Lipinski definition) is 3. The third kappa shape index (κ3) is 4.07. The van der Waals surface area contributed by atoms with E-state index in [-0.39, 0.29) is 5.78 Å². The molecule has 1 atom stereocenters. The van der Waals surface area contributed by atoms with Gasteiger partial charge in [-0.25, -0.2) is 0 Å². The highest BCUT2D eigenvalue weighted by atomic mass is 16.5. The van der Waals surface area contributed by atoms with Gasteiger partial charge in [-0.1, -0.05) is 26.8 Å². The Morgan fingerprint density at radius 1 is 1.43 bits per heavy atom. The fourth-order valence-corrected chi connectivity index (χ4v) is 3.02. The van der Waals surface area contributed by atoms with Gasteiger partial charge in [0.15, 0.2) is 5.78 Å². The summed E-state index contributed by atoms with van der Waals surface area (Å²) in [4.78, 5) is 14.9. The average Bonchev–Trinajstić information content (AvgIpc) is 2.46. The largest absolute Gasteiger partial charge is 0.496 e. The van der Waals surface area contributed by atoms with Crippen molar-refractivity contribution in [3.8, 4) is 5.75 Å². The average molecular weight is 289 g/mol. The van der Waals surface area contributed by atoms with Crippen LogP contribution in [0, 0.1) is 5.92 Å². The summed E-state index contributed by atoms with van der Waals surface area (Å²) in [6.07, 6.45) is 2.47. The van der Waals surface area contributed by atoms with Crippen molar-refractivity contribution in [2.75, 3.05) is 26.7 Å². The van der Waals surface area contributed by atoms with Gasteiger partial charge >= 0.3 is 0 Å². The number of rotatable bonds is 5. The van der Waals surface area contributed by atoms with E-state index in [0.29, 0.717) is 24.1 Å². The Morgan fingerprint density at radius 3 is 2.81 bits per heavy atom. The van der Waals surface area contributed by atoms with Crippen LogP contribution in [0.3, 0.4) is 0 Å². The van der Waals surface area contributed by atoms with Crippen molar-refractivity contribution in [3.05, 3.63) is 29.3 Å². The van der Waals surface area contributed by atoms with Crippen LogP contribution in [-0.2, 0) is 0 Å². The van der Waals surface area contributed by atoms with Crippen LogP contribution in [0.2, 0.25) is 0 Å². The van der Waals surface area contributed by atoms with Crippen LogP contribution in [0.15, 0.2) is 18.2 Å². The molecule has 1 unspecified atom stereocenters. The fourth-order valence-electron chi connectivity index (χ4n) is 3.02. The van der Waals surface area contributed by atoms with E-state index in [1.807, 2.05) is 18.2 Å². The second-order valence-corrected chi connectivity index (χ2v) is 6.52. The Morgan fingerprint density at radius 2 is 2.19 bits per heavy atom. The molecule has 0 aliphatic carbocycles. The summed E-state index contributed by atoms with van der Waals surface area (Å²) in [6, 6.07) is 5.96. The molecule has 1 heterocycles. The molecule has 1 aliphatic rings. The summed E-state index contributed by atoms with van der Waals surface area (Å²) in [6.45, 7) is 9.10. The lowest BCUT2D eigenvalue weighted by Crippen LogP contribution is -2.38. The first kappa shape index (κ1) is 16.0. The van der Waals surface area contributed by atoms with Crippen LogP contribution < -0.4 is 4.74 Å². The van der Waals surface area contributed by atoms with E-state index in [0.717, 1.165) is 18.7 Å². The van der Waals surface area contributed by atoms with Gasteiger partial charge in [0.1, 0.15) is 5.75 Å². The molecule has 116 valence electrons. The molecule has 0 radical (unpaired) electrons. The van der Waals surface area contributed by atoms with Gasteiger partial charge in [0, 0.05) is 6.54 Å². The zero-order chi connectivity index (χ0) is 15.4. The lowest BCUT2D eigenvalue weighted by Gasteiger charge is -2.30. The molecule has 0 amide bonds. The molecule has 0 saturated carbocycles. The van der Waals surface area contributed by atoms with Gasteiger partial charge in [-0.2, -0.15) is 0 Å². The third-order valence-corrected chi connectivity index (χ3v) is 4.30. The number of Topliss-reactive ketones (excluding diaryl/α,β-unsaturated/α-hetero) is 1. The molecule has 3 nitrogen and oxygen atoms in total. The van der Waals surface area contributed by atoms with E-state index in [9.17, 15) is 4.79 Å². The van der Waals surface area contributed by atoms with E-state index in [1.54, 1.807) is 7.11 Å². The SMILES string of the molecule is COc1ccc(C(C)C)cc1C(=O)CN1CCCC(C)C1. The van der Waals surface area contributed by atoms with Gasteiger partial charge in [-0.3, -0.25) is 9.69 Å². The summed E-state index contributed by atoms with van der Waals surface area (Å²) in [7, 11) is 1.63. The van der Waals surface area contributed by atoms with Crippen molar-refractivity contribution < 1.29 is 9.53 Å². The summed E-state index contributed by atoms with van der Waals surface area (Å²) in [5.41, 5.74) is 1.91. The van der Waals surface area contributed by atoms with Crippen LogP contribution >= 0.6 is 0 Å². The normalized spacial score (nSPS) is 19.8. The first-order valence-corrected chi connectivity index (χ1v) is 7.94. The number of benzene rings is 1. The Labute approximate surface area is 128 Å². The Bertz CT molecular complexity index is 496. The van der Waals surface area contributed by atoms with Crippen LogP contribution in [0.1, 0.15) is 55.5 Å². The number of ether oxygens (including phenoxy) is 1. The van der Waals surface area contributed by atoms with Gasteiger partial charge in [-0.15, -0.1) is 0 Å². The van der Waals surface area contributed by atoms with Gasteiger partial charge in [0.05, 0.1) is 19.2 Å². The molecule has 0 spiro atoms. The van der Waals surface area contributed by atoms with Crippen LogP contribution in [0.4, 0.5) is 0 Å². The van der Waals surface area contributed by atoms with Crippen LogP contribution in [0.5, 0.6) is 5.75 Å². The highest BCUT2D eigenvalue weighted by Crippen LogP contribution is 2.25. The van der Waals surface area contributed by atoms with Crippen molar-refractivity contribution in [1.82, 2.24) is 4.90 Å². The maximum atomic E-state index is 12.7. The van der Waals surface area contributed by atoms with Gasteiger partial charge in [-0.05, 0) is 48.9 Å². The van der Waals surface area contributed by atoms with E-state index < -0.39 is 0 Å². The van der Waals surface area contributed by atoms with Crippen molar-refractivity contribution in [1.29, 1.82) is 0 Å². The molecule has 0 aromatic heterocycles. The second-order valence-electron chi connectivity index (χ2n) is 6.52. The summed E-state index contributed by atoms with van der Waals surface area (Å²) < 4.78 is 5.37. The van der Waals surface area contributed by atoms with Crippen molar-refractivity contribution >= 4 is 5.78 Å². The number of hydrogen-bond donors (Lipinski definition) is 0. The molecular formula is C18H27NO2. The molecule has 0 N–H and O–H groups in total. The van der Waals surface area contributed by atoms with Crippen molar-refractivity contribution in [2.24, 2.45) is 5.92 Å². The van der Waals surface area contributed by atoms with E-state index in [4.69, 9.17) is 4.74 Å². The molecule has 1 fully saturated rings. The van der Waals surface area contributed by atoms with Crippen LogP contribution in [-0.4, -0.2) is 37.4 Å². The summed E-state index contributed by atoms with van der Waals surface area (Å²) in [5.74, 6) is 1.96. The molecule has 3 heteroatoms. The van der Waals surface area contributed by atoms with E-state index >= 15 is 0 Å². The Balaban J connectivity index is 2.15. The first-order chi connectivity index (χ1) is 10.0. The number of piperidine rings is 1. The minimum Gasteiger partial charge on any atom is -0.496 e. The molecule has 1 aromatic carbocycles. The highest BCUT2D eigenvalue weighted by Gasteiger charge is 2.21. The minimum atomic E-state index is 0.170. The summed E-state index contributed by atoms with van der Waals surface area (Å²) >= 11 is 0. The fraction of sp³-hybridized carbons (Fsp3) is 0.611. The minimum absolute atomic E-state index is 0.170. The molecule has 0 bridgehead atoms. The van der Waals surface area contributed by atoms with Crippen LogP contribution in [0.25, 0.3) is 0 Å². The Kier molecular flexibility index (Phi) is 5.40. The lowest BCUT2D eigenvalue weighted by atomic mass is 9.97. The number of ketones is 1.